The summed E-state index contributed by atoms with van der Waals surface area (Å²) in [6.45, 7) is 7.24. The Morgan fingerprint density at radius 1 is 1.10 bits per heavy atom. The van der Waals surface area contributed by atoms with Gasteiger partial charge < -0.3 is 25.4 Å². The zero-order chi connectivity index (χ0) is 27.9. The number of benzene rings is 2. The molecule has 0 spiro atoms. The molecule has 2 aromatic rings. The Bertz CT molecular complexity index is 1310. The van der Waals surface area contributed by atoms with Crippen LogP contribution < -0.4 is 10.8 Å². The molecule has 0 unspecified atom stereocenters. The number of fused-ring (bicyclic) bond motifs is 3. The maximum absolute atomic E-state index is 13.4. The normalized spacial score (nSPS) is 25.5. The maximum atomic E-state index is 13.4. The van der Waals surface area contributed by atoms with E-state index in [1.165, 1.54) is 11.0 Å². The zero-order valence-corrected chi connectivity index (χ0v) is 21.8. The van der Waals surface area contributed by atoms with Gasteiger partial charge in [0, 0.05) is 23.5 Å². The standard InChI is InChI=1S/C29H32N4O6/c1-4-17-14-29(17,28(36)37)30-26(34)23-13-18(15-33(23)27(35)24(31-38)16(2)3)39-32-25-21-11-7-5-9-19(21)20-10-6-8-12-22(20)25/h4-12,16-18,23-24,31,38H,1,13-15H2,2-3H3,(H,30,34)(H,36,37)/t17-,18-,23+,24-,29+/m1/s1. The molecule has 2 amide bonds. The summed E-state index contributed by atoms with van der Waals surface area (Å²) in [5, 5.41) is 26.5. The van der Waals surface area contributed by atoms with Crippen LogP contribution in [0.15, 0.2) is 66.3 Å². The average Bonchev–Trinajstić information content (AvgIpc) is 3.32. The molecule has 0 radical (unpaired) electrons. The monoisotopic (exact) mass is 532 g/mol. The van der Waals surface area contributed by atoms with Crippen molar-refractivity contribution in [1.82, 2.24) is 15.7 Å². The largest absolute Gasteiger partial charge is 0.479 e. The van der Waals surface area contributed by atoms with Gasteiger partial charge in [0.15, 0.2) is 0 Å². The maximum Gasteiger partial charge on any atom is 0.330 e. The van der Waals surface area contributed by atoms with Crippen LogP contribution in [0.1, 0.15) is 37.8 Å². The van der Waals surface area contributed by atoms with Crippen molar-refractivity contribution in [3.05, 3.63) is 72.3 Å². The van der Waals surface area contributed by atoms with E-state index in [0.717, 1.165) is 22.3 Å². The molecule has 10 heteroatoms. The van der Waals surface area contributed by atoms with E-state index in [9.17, 15) is 24.7 Å². The zero-order valence-electron chi connectivity index (χ0n) is 21.8. The molecule has 1 saturated heterocycles. The molecule has 204 valence electrons. The lowest BCUT2D eigenvalue weighted by atomic mass is 10.0. The molecular formula is C29H32N4O6. The second kappa shape index (κ2) is 10.3. The van der Waals surface area contributed by atoms with Gasteiger partial charge in [0.25, 0.3) is 0 Å². The van der Waals surface area contributed by atoms with Crippen molar-refractivity contribution in [3.8, 4) is 11.1 Å². The fourth-order valence-electron chi connectivity index (χ4n) is 5.57. The fraction of sp³-hybridized carbons (Fsp3) is 0.379. The van der Waals surface area contributed by atoms with Crippen LogP contribution >= 0.6 is 0 Å². The van der Waals surface area contributed by atoms with Crippen molar-refractivity contribution in [2.75, 3.05) is 6.54 Å². The Labute approximate surface area is 226 Å². The molecule has 10 nitrogen and oxygen atoms in total. The van der Waals surface area contributed by atoms with Crippen LogP contribution in [0.4, 0.5) is 0 Å². The molecule has 1 aliphatic heterocycles. The number of hydroxylamine groups is 1. The molecule has 2 aliphatic carbocycles. The number of hydrogen-bond acceptors (Lipinski definition) is 7. The first-order valence-corrected chi connectivity index (χ1v) is 13.0. The van der Waals surface area contributed by atoms with E-state index >= 15 is 0 Å². The van der Waals surface area contributed by atoms with Gasteiger partial charge in [-0.3, -0.25) is 9.59 Å². The SMILES string of the molecule is C=C[C@@H]1C[C@@]1(NC(=O)[C@@H]1C[C@@H](ON=C2c3ccccc3-c3ccccc32)CN1C(=O)[C@H](NO)C(C)C)C(=O)O. The van der Waals surface area contributed by atoms with Crippen LogP contribution in [0.5, 0.6) is 0 Å². The van der Waals surface area contributed by atoms with Crippen LogP contribution in [0.3, 0.4) is 0 Å². The molecule has 39 heavy (non-hydrogen) atoms. The number of oxime groups is 1. The minimum absolute atomic E-state index is 0.0485. The van der Waals surface area contributed by atoms with Crippen molar-refractivity contribution < 1.29 is 29.5 Å². The third-order valence-electron chi connectivity index (χ3n) is 7.89. The summed E-state index contributed by atoms with van der Waals surface area (Å²) in [6, 6.07) is 13.8. The minimum atomic E-state index is -1.43. The van der Waals surface area contributed by atoms with Gasteiger partial charge in [0.1, 0.15) is 29.4 Å². The van der Waals surface area contributed by atoms with Crippen molar-refractivity contribution in [1.29, 1.82) is 0 Å². The number of likely N-dealkylation sites (tertiary alicyclic amines) is 1. The first-order valence-electron chi connectivity index (χ1n) is 13.0. The van der Waals surface area contributed by atoms with Crippen molar-refractivity contribution in [2.24, 2.45) is 17.0 Å². The van der Waals surface area contributed by atoms with E-state index in [1.54, 1.807) is 13.8 Å². The Morgan fingerprint density at radius 2 is 1.69 bits per heavy atom. The quantitative estimate of drug-likeness (QED) is 0.245. The second-order valence-corrected chi connectivity index (χ2v) is 10.7. The Morgan fingerprint density at radius 3 is 2.18 bits per heavy atom. The molecule has 0 aromatic heterocycles. The highest BCUT2D eigenvalue weighted by Gasteiger charge is 2.61. The van der Waals surface area contributed by atoms with E-state index in [0.29, 0.717) is 5.71 Å². The topological polar surface area (TPSA) is 141 Å². The van der Waals surface area contributed by atoms with Crippen molar-refractivity contribution >= 4 is 23.5 Å². The smallest absolute Gasteiger partial charge is 0.330 e. The highest BCUT2D eigenvalue weighted by Crippen LogP contribution is 2.45. The number of aliphatic carboxylic acids is 1. The van der Waals surface area contributed by atoms with E-state index in [1.807, 2.05) is 54.0 Å². The molecule has 1 heterocycles. The lowest BCUT2D eigenvalue weighted by Crippen LogP contribution is -2.56. The summed E-state index contributed by atoms with van der Waals surface area (Å²) in [6.07, 6.45) is 1.23. The molecule has 2 aromatic carbocycles. The fourth-order valence-corrected chi connectivity index (χ4v) is 5.57. The molecule has 2 fully saturated rings. The van der Waals surface area contributed by atoms with Crippen molar-refractivity contribution in [3.63, 3.8) is 0 Å². The Balaban J connectivity index is 1.41. The van der Waals surface area contributed by atoms with Gasteiger partial charge in [-0.15, -0.1) is 6.58 Å². The van der Waals surface area contributed by atoms with Crippen LogP contribution in [0.2, 0.25) is 0 Å². The first-order chi connectivity index (χ1) is 18.7. The summed E-state index contributed by atoms with van der Waals surface area (Å²) in [5.74, 6) is -2.88. The number of carboxylic acids is 1. The third kappa shape index (κ3) is 4.59. The summed E-state index contributed by atoms with van der Waals surface area (Å²) in [7, 11) is 0. The lowest BCUT2D eigenvalue weighted by molar-refractivity contribution is -0.146. The molecule has 5 atom stereocenters. The van der Waals surface area contributed by atoms with Gasteiger partial charge in [-0.1, -0.05) is 73.6 Å². The van der Waals surface area contributed by atoms with E-state index in [2.05, 4.69) is 17.1 Å². The number of amides is 2. The lowest BCUT2D eigenvalue weighted by Gasteiger charge is -2.29. The number of carbonyl (C=O) groups is 3. The third-order valence-corrected chi connectivity index (χ3v) is 7.89. The average molecular weight is 533 g/mol. The molecule has 3 aliphatic rings. The summed E-state index contributed by atoms with van der Waals surface area (Å²) in [5.41, 5.74) is 5.23. The predicted molar refractivity (Wildman–Crippen MR) is 143 cm³/mol. The second-order valence-electron chi connectivity index (χ2n) is 10.7. The molecular weight excluding hydrogens is 500 g/mol. The van der Waals surface area contributed by atoms with E-state index in [-0.39, 0.29) is 25.3 Å². The van der Waals surface area contributed by atoms with E-state index < -0.39 is 47.4 Å². The van der Waals surface area contributed by atoms with Gasteiger partial charge in [-0.05, 0) is 23.5 Å². The highest BCUT2D eigenvalue weighted by molar-refractivity contribution is 6.24. The number of carbonyl (C=O) groups excluding carboxylic acids is 2. The number of nitrogens with one attached hydrogen (secondary N) is 2. The van der Waals surface area contributed by atoms with Gasteiger partial charge >= 0.3 is 5.97 Å². The summed E-state index contributed by atoms with van der Waals surface area (Å²) < 4.78 is 0. The number of hydrogen-bond donors (Lipinski definition) is 4. The molecule has 0 bridgehead atoms. The van der Waals surface area contributed by atoms with Gasteiger partial charge in [0.05, 0.1) is 6.54 Å². The summed E-state index contributed by atoms with van der Waals surface area (Å²) >= 11 is 0. The molecule has 4 N–H and O–H groups in total. The number of nitrogens with zero attached hydrogens (tertiary/aromatic N) is 2. The number of rotatable bonds is 9. The number of carboxylic acid groups (broad SMARTS) is 1. The Hall–Kier alpha value is -4.02. The van der Waals surface area contributed by atoms with Crippen LogP contribution in [-0.4, -0.2) is 69.0 Å². The highest BCUT2D eigenvalue weighted by atomic mass is 16.6. The predicted octanol–water partition coefficient (Wildman–Crippen LogP) is 2.55. The minimum Gasteiger partial charge on any atom is -0.479 e. The Kier molecular flexibility index (Phi) is 7.00. The van der Waals surface area contributed by atoms with Crippen LogP contribution in [0, 0.1) is 11.8 Å². The van der Waals surface area contributed by atoms with E-state index in [4.69, 9.17) is 4.84 Å². The molecule has 5 rings (SSSR count). The van der Waals surface area contributed by atoms with Crippen LogP contribution in [-0.2, 0) is 19.2 Å². The van der Waals surface area contributed by atoms with Gasteiger partial charge in [-0.25, -0.2) is 4.79 Å². The molecule has 1 saturated carbocycles. The van der Waals surface area contributed by atoms with Crippen LogP contribution in [0.25, 0.3) is 11.1 Å². The van der Waals surface area contributed by atoms with Crippen molar-refractivity contribution in [2.45, 2.75) is 50.4 Å². The van der Waals surface area contributed by atoms with Gasteiger partial charge in [0.2, 0.25) is 11.8 Å². The van der Waals surface area contributed by atoms with Gasteiger partial charge in [-0.2, -0.15) is 5.48 Å². The summed E-state index contributed by atoms with van der Waals surface area (Å²) in [4.78, 5) is 46.1. The first kappa shape index (κ1) is 26.6.